The van der Waals surface area contributed by atoms with Crippen molar-refractivity contribution >= 4 is 21.2 Å². The van der Waals surface area contributed by atoms with Gasteiger partial charge in [-0.05, 0) is 0 Å². The Bertz CT molecular complexity index is 327. The standard InChI is InChI=1S/C10H17BNOP/c1-8-5-11-12(6-8)7-9(13)14-10(2,3)4/h5-6,14H,7H2,1-4H3. The van der Waals surface area contributed by atoms with Gasteiger partial charge >= 0.3 is 87.5 Å². The van der Waals surface area contributed by atoms with Crippen LogP contribution < -0.4 is 0 Å². The first-order valence-corrected chi connectivity index (χ1v) is 5.80. The summed E-state index contributed by atoms with van der Waals surface area (Å²) < 4.78 is 1.95. The number of nitrogens with zero attached hydrogens (tertiary/aromatic N) is 1. The maximum atomic E-state index is 11.6. The Labute approximate surface area is 88.1 Å². The van der Waals surface area contributed by atoms with E-state index in [1.54, 1.807) is 0 Å². The van der Waals surface area contributed by atoms with Gasteiger partial charge < -0.3 is 0 Å². The summed E-state index contributed by atoms with van der Waals surface area (Å²) in [6, 6.07) is 0. The van der Waals surface area contributed by atoms with E-state index in [0.29, 0.717) is 20.6 Å². The van der Waals surface area contributed by atoms with Crippen LogP contribution in [0.4, 0.5) is 0 Å². The summed E-state index contributed by atoms with van der Waals surface area (Å²) in [5.41, 5.74) is 1.53. The van der Waals surface area contributed by atoms with E-state index in [4.69, 9.17) is 0 Å². The number of carbonyl (C=O) groups is 1. The molecule has 1 aromatic rings. The van der Waals surface area contributed by atoms with E-state index in [-0.39, 0.29) is 5.16 Å². The monoisotopic (exact) mass is 209 g/mol. The average Bonchev–Trinajstić information content (AvgIpc) is 2.30. The van der Waals surface area contributed by atoms with Gasteiger partial charge in [0.1, 0.15) is 0 Å². The molecule has 2 nitrogen and oxygen atoms in total. The van der Waals surface area contributed by atoms with Crippen molar-refractivity contribution in [1.82, 2.24) is 4.47 Å². The zero-order valence-corrected chi connectivity index (χ0v) is 10.3. The van der Waals surface area contributed by atoms with Gasteiger partial charge in [0.15, 0.2) is 0 Å². The van der Waals surface area contributed by atoms with Crippen molar-refractivity contribution in [2.24, 2.45) is 0 Å². The summed E-state index contributed by atoms with van der Waals surface area (Å²) in [5, 5.41) is 0.124. The number of hydrogen-bond acceptors (Lipinski definition) is 1. The second kappa shape index (κ2) is 4.40. The van der Waals surface area contributed by atoms with Gasteiger partial charge in [-0.2, -0.15) is 0 Å². The van der Waals surface area contributed by atoms with Crippen LogP contribution >= 0.6 is 8.58 Å². The molecule has 1 atom stereocenters. The van der Waals surface area contributed by atoms with E-state index < -0.39 is 0 Å². The first-order chi connectivity index (χ1) is 6.37. The Kier molecular flexibility index (Phi) is 3.66. The normalized spacial score (nSPS) is 12.3. The van der Waals surface area contributed by atoms with E-state index in [0.717, 1.165) is 0 Å². The molecule has 0 fully saturated rings. The quantitative estimate of drug-likeness (QED) is 0.699. The third kappa shape index (κ3) is 4.19. The second-order valence-corrected chi connectivity index (χ2v) is 6.97. The van der Waals surface area contributed by atoms with Crippen molar-refractivity contribution in [2.75, 3.05) is 0 Å². The van der Waals surface area contributed by atoms with Crippen molar-refractivity contribution in [3.8, 4) is 0 Å². The predicted octanol–water partition coefficient (Wildman–Crippen LogP) is 2.14. The van der Waals surface area contributed by atoms with Gasteiger partial charge in [0.05, 0.1) is 0 Å². The molecule has 0 N–H and O–H groups in total. The molecule has 1 rings (SSSR count). The molecule has 76 valence electrons. The molecule has 0 amide bonds. The molecule has 14 heavy (non-hydrogen) atoms. The van der Waals surface area contributed by atoms with Crippen molar-refractivity contribution in [2.45, 2.75) is 39.4 Å². The van der Waals surface area contributed by atoms with Crippen LogP contribution in [0.5, 0.6) is 0 Å². The summed E-state index contributed by atoms with van der Waals surface area (Å²) in [5.74, 6) is 2.02. The third-order valence-electron chi connectivity index (χ3n) is 1.74. The van der Waals surface area contributed by atoms with Crippen LogP contribution in [0.3, 0.4) is 0 Å². The van der Waals surface area contributed by atoms with Crippen LogP contribution in [0, 0.1) is 6.92 Å². The molecular formula is C10H17BNOP. The van der Waals surface area contributed by atoms with E-state index in [2.05, 4.69) is 20.8 Å². The molecule has 0 aliphatic heterocycles. The molecule has 0 aliphatic rings. The van der Waals surface area contributed by atoms with Gasteiger partial charge in [-0.3, -0.25) is 0 Å². The first kappa shape index (κ1) is 11.6. The number of carbonyl (C=O) groups excluding carboxylic acids is 1. The predicted molar refractivity (Wildman–Crippen MR) is 63.6 cm³/mol. The Balaban J connectivity index is 2.50. The Morgan fingerprint density at radius 3 is 2.64 bits per heavy atom. The van der Waals surface area contributed by atoms with Gasteiger partial charge in [-0.25, -0.2) is 0 Å². The fourth-order valence-corrected chi connectivity index (χ4v) is 2.38. The fourth-order valence-electron chi connectivity index (χ4n) is 1.28. The molecule has 0 saturated carbocycles. The molecular weight excluding hydrogens is 192 g/mol. The topological polar surface area (TPSA) is 22.0 Å². The number of aryl methyl sites for hydroxylation is 1. The molecule has 1 heterocycles. The Morgan fingerprint density at radius 1 is 1.57 bits per heavy atom. The Morgan fingerprint density at radius 2 is 2.21 bits per heavy atom. The van der Waals surface area contributed by atoms with Gasteiger partial charge in [0.25, 0.3) is 0 Å². The molecule has 0 spiro atoms. The summed E-state index contributed by atoms with van der Waals surface area (Å²) in [7, 11) is 2.35. The molecule has 1 aromatic heterocycles. The molecule has 1 unspecified atom stereocenters. The zero-order chi connectivity index (χ0) is 10.8. The van der Waals surface area contributed by atoms with E-state index in [1.807, 2.05) is 30.6 Å². The average molecular weight is 209 g/mol. The van der Waals surface area contributed by atoms with Crippen molar-refractivity contribution in [3.05, 3.63) is 17.7 Å². The van der Waals surface area contributed by atoms with Gasteiger partial charge in [-0.1, -0.05) is 0 Å². The van der Waals surface area contributed by atoms with E-state index in [1.165, 1.54) is 5.56 Å². The van der Waals surface area contributed by atoms with E-state index >= 15 is 0 Å². The maximum absolute atomic E-state index is 11.6. The summed E-state index contributed by atoms with van der Waals surface area (Å²) >= 11 is 0. The summed E-state index contributed by atoms with van der Waals surface area (Å²) in [4.78, 5) is 11.6. The van der Waals surface area contributed by atoms with Crippen LogP contribution in [0.15, 0.2) is 12.2 Å². The molecule has 0 saturated heterocycles. The third-order valence-corrected chi connectivity index (χ3v) is 2.93. The SMILES string of the molecule is Cc1cbn(CC(=O)PC(C)(C)C)c1. The molecule has 4 heteroatoms. The van der Waals surface area contributed by atoms with Crippen LogP contribution in [0.25, 0.3) is 0 Å². The molecule has 0 aromatic carbocycles. The molecule has 0 radical (unpaired) electrons. The summed E-state index contributed by atoms with van der Waals surface area (Å²) in [6.45, 7) is 8.86. The van der Waals surface area contributed by atoms with Crippen LogP contribution in [-0.2, 0) is 11.3 Å². The Hall–Kier alpha value is -0.425. The van der Waals surface area contributed by atoms with Crippen LogP contribution in [-0.4, -0.2) is 22.2 Å². The number of rotatable bonds is 3. The number of hydrogen-bond donors (Lipinski definition) is 0. The van der Waals surface area contributed by atoms with Gasteiger partial charge in [-0.15, -0.1) is 0 Å². The van der Waals surface area contributed by atoms with E-state index in [9.17, 15) is 4.79 Å². The van der Waals surface area contributed by atoms with Crippen molar-refractivity contribution in [1.29, 1.82) is 0 Å². The molecule has 0 bridgehead atoms. The fraction of sp³-hybridized carbons (Fsp3) is 0.600. The van der Waals surface area contributed by atoms with Crippen LogP contribution in [0.2, 0.25) is 0 Å². The van der Waals surface area contributed by atoms with Crippen LogP contribution in [0.1, 0.15) is 26.3 Å². The molecule has 0 aliphatic carbocycles. The minimum absolute atomic E-state index is 0.124. The van der Waals surface area contributed by atoms with Gasteiger partial charge in [0, 0.05) is 0 Å². The number of aromatic nitrogens is 1. The van der Waals surface area contributed by atoms with Gasteiger partial charge in [0.2, 0.25) is 0 Å². The van der Waals surface area contributed by atoms with Crippen molar-refractivity contribution < 1.29 is 4.79 Å². The second-order valence-electron chi connectivity index (χ2n) is 4.66. The first-order valence-electron chi connectivity index (χ1n) is 4.80. The van der Waals surface area contributed by atoms with Crippen molar-refractivity contribution in [3.63, 3.8) is 0 Å². The summed E-state index contributed by atoms with van der Waals surface area (Å²) in [6.07, 6.45) is 2.00. The minimum atomic E-state index is 0.124. The zero-order valence-electron chi connectivity index (χ0n) is 9.29.